The van der Waals surface area contributed by atoms with E-state index < -0.39 is 0 Å². The van der Waals surface area contributed by atoms with Gasteiger partial charge in [0.25, 0.3) is 0 Å². The predicted octanol–water partition coefficient (Wildman–Crippen LogP) is 4.83. The molecule has 2 aliphatic heterocycles. The van der Waals surface area contributed by atoms with Gasteiger partial charge in [-0.2, -0.15) is 4.98 Å². The summed E-state index contributed by atoms with van der Waals surface area (Å²) in [6, 6.07) is 24.9. The zero-order chi connectivity index (χ0) is 28.0. The molecule has 0 bridgehead atoms. The first kappa shape index (κ1) is 27.2. The molecule has 0 radical (unpaired) electrons. The second-order valence-electron chi connectivity index (χ2n) is 11.1. The van der Waals surface area contributed by atoms with Crippen LogP contribution in [-0.2, 0) is 37.4 Å². The normalized spacial score (nSPS) is 17.6. The van der Waals surface area contributed by atoms with Crippen LogP contribution in [0.4, 0.5) is 0 Å². The summed E-state index contributed by atoms with van der Waals surface area (Å²) in [7, 11) is 1.64. The molecule has 212 valence electrons. The second kappa shape index (κ2) is 12.7. The molecule has 2 aliphatic rings. The van der Waals surface area contributed by atoms with Gasteiger partial charge < -0.3 is 14.6 Å². The lowest BCUT2D eigenvalue weighted by atomic mass is 9.97. The number of piperidine rings is 1. The predicted molar refractivity (Wildman–Crippen MR) is 157 cm³/mol. The van der Waals surface area contributed by atoms with Crippen molar-refractivity contribution in [1.29, 1.82) is 0 Å². The van der Waals surface area contributed by atoms with E-state index in [1.54, 1.807) is 7.11 Å². The Kier molecular flexibility index (Phi) is 8.39. The number of fused-ring (bicyclic) bond motifs is 1. The minimum absolute atomic E-state index is 0.0515. The number of hydrogen-bond acceptors (Lipinski definition) is 7. The van der Waals surface area contributed by atoms with E-state index in [1.807, 2.05) is 24.3 Å². The van der Waals surface area contributed by atoms with Gasteiger partial charge >= 0.3 is 0 Å². The SMILES string of the molecule is COc1ccc(-c2noc(CN3CCCC(C(=O)NCc4cccc(CN5CCc6ccccc6C5)c4)C3)n2)cc1. The molecule has 1 fully saturated rings. The fraction of sp³-hybridized carbons (Fsp3) is 0.364. The molecule has 6 rings (SSSR count). The lowest BCUT2D eigenvalue weighted by Gasteiger charge is -2.31. The van der Waals surface area contributed by atoms with Crippen LogP contribution in [0.5, 0.6) is 5.75 Å². The molecule has 0 spiro atoms. The third-order valence-electron chi connectivity index (χ3n) is 8.13. The lowest BCUT2D eigenvalue weighted by molar-refractivity contribution is -0.127. The summed E-state index contributed by atoms with van der Waals surface area (Å²) in [5, 5.41) is 7.33. The number of methoxy groups -OCH3 is 1. The van der Waals surface area contributed by atoms with Crippen LogP contribution < -0.4 is 10.1 Å². The molecule has 4 aromatic rings. The lowest BCUT2D eigenvalue weighted by Crippen LogP contribution is -2.42. The van der Waals surface area contributed by atoms with Gasteiger partial charge in [0.15, 0.2) is 0 Å². The van der Waals surface area contributed by atoms with Crippen LogP contribution in [0.1, 0.15) is 41.0 Å². The molecule has 1 unspecified atom stereocenters. The van der Waals surface area contributed by atoms with Crippen LogP contribution in [0.2, 0.25) is 0 Å². The van der Waals surface area contributed by atoms with Crippen molar-refractivity contribution in [1.82, 2.24) is 25.3 Å². The zero-order valence-electron chi connectivity index (χ0n) is 23.6. The van der Waals surface area contributed by atoms with Crippen LogP contribution in [0, 0.1) is 5.92 Å². The van der Waals surface area contributed by atoms with Gasteiger partial charge in [-0.3, -0.25) is 14.6 Å². The Bertz CT molecular complexity index is 1470. The largest absolute Gasteiger partial charge is 0.497 e. The smallest absolute Gasteiger partial charge is 0.241 e. The Labute approximate surface area is 241 Å². The van der Waals surface area contributed by atoms with Crippen molar-refractivity contribution < 1.29 is 14.1 Å². The number of rotatable bonds is 9. The van der Waals surface area contributed by atoms with Crippen LogP contribution in [0.3, 0.4) is 0 Å². The number of nitrogens with one attached hydrogen (secondary N) is 1. The Balaban J connectivity index is 0.990. The summed E-state index contributed by atoms with van der Waals surface area (Å²) in [6.07, 6.45) is 2.95. The van der Waals surface area contributed by atoms with E-state index in [-0.39, 0.29) is 11.8 Å². The quantitative estimate of drug-likeness (QED) is 0.319. The average Bonchev–Trinajstić information content (AvgIpc) is 3.48. The molecular weight excluding hydrogens is 514 g/mol. The minimum Gasteiger partial charge on any atom is -0.497 e. The molecule has 8 heteroatoms. The van der Waals surface area contributed by atoms with Gasteiger partial charge in [-0.05, 0) is 72.3 Å². The molecular formula is C33H37N5O3. The molecule has 3 heterocycles. The molecule has 0 aliphatic carbocycles. The van der Waals surface area contributed by atoms with Crippen LogP contribution >= 0.6 is 0 Å². The number of hydrogen-bond donors (Lipinski definition) is 1. The second-order valence-corrected chi connectivity index (χ2v) is 11.1. The van der Waals surface area contributed by atoms with Gasteiger partial charge in [0.1, 0.15) is 5.75 Å². The number of likely N-dealkylation sites (tertiary alicyclic amines) is 1. The molecule has 1 N–H and O–H groups in total. The summed E-state index contributed by atoms with van der Waals surface area (Å²) < 4.78 is 10.7. The van der Waals surface area contributed by atoms with Gasteiger partial charge in [-0.15, -0.1) is 0 Å². The summed E-state index contributed by atoms with van der Waals surface area (Å²) in [5.41, 5.74) is 6.20. The minimum atomic E-state index is -0.0515. The van der Waals surface area contributed by atoms with E-state index in [1.165, 1.54) is 16.7 Å². The molecule has 1 saturated heterocycles. The van der Waals surface area contributed by atoms with Crippen molar-refractivity contribution in [2.45, 2.75) is 45.4 Å². The van der Waals surface area contributed by atoms with E-state index in [2.05, 4.69) is 73.8 Å². The highest BCUT2D eigenvalue weighted by molar-refractivity contribution is 5.79. The first-order valence-electron chi connectivity index (χ1n) is 14.5. The Morgan fingerprint density at radius 1 is 0.976 bits per heavy atom. The summed E-state index contributed by atoms with van der Waals surface area (Å²) in [6.45, 7) is 5.65. The fourth-order valence-corrected chi connectivity index (χ4v) is 5.90. The van der Waals surface area contributed by atoms with Crippen molar-refractivity contribution in [3.05, 3.63) is 101 Å². The van der Waals surface area contributed by atoms with Crippen LogP contribution in [0.25, 0.3) is 11.4 Å². The molecule has 1 aromatic heterocycles. The van der Waals surface area contributed by atoms with Gasteiger partial charge in [0.2, 0.25) is 17.6 Å². The van der Waals surface area contributed by atoms with Crippen molar-refractivity contribution in [2.24, 2.45) is 5.92 Å². The van der Waals surface area contributed by atoms with Gasteiger partial charge in [-0.1, -0.05) is 53.7 Å². The Morgan fingerprint density at radius 2 is 1.80 bits per heavy atom. The maximum absolute atomic E-state index is 13.1. The van der Waals surface area contributed by atoms with Crippen molar-refractivity contribution >= 4 is 5.91 Å². The molecule has 8 nitrogen and oxygen atoms in total. The highest BCUT2D eigenvalue weighted by Crippen LogP contribution is 2.23. The summed E-state index contributed by atoms with van der Waals surface area (Å²) in [4.78, 5) is 22.4. The van der Waals surface area contributed by atoms with Crippen LogP contribution in [0.15, 0.2) is 77.3 Å². The van der Waals surface area contributed by atoms with E-state index >= 15 is 0 Å². The Hall–Kier alpha value is -4.01. The topological polar surface area (TPSA) is 83.7 Å². The van der Waals surface area contributed by atoms with Crippen molar-refractivity contribution in [2.75, 3.05) is 26.7 Å². The maximum Gasteiger partial charge on any atom is 0.241 e. The number of carbonyl (C=O) groups excluding carboxylic acids is 1. The average molecular weight is 552 g/mol. The number of benzene rings is 3. The molecule has 41 heavy (non-hydrogen) atoms. The van der Waals surface area contributed by atoms with Crippen molar-refractivity contribution in [3.63, 3.8) is 0 Å². The zero-order valence-corrected chi connectivity index (χ0v) is 23.6. The summed E-state index contributed by atoms with van der Waals surface area (Å²) >= 11 is 0. The van der Waals surface area contributed by atoms with Crippen LogP contribution in [-0.4, -0.2) is 52.6 Å². The van der Waals surface area contributed by atoms with E-state index in [0.717, 1.165) is 62.3 Å². The first-order chi connectivity index (χ1) is 20.1. The number of nitrogens with zero attached hydrogens (tertiary/aromatic N) is 4. The molecule has 1 amide bonds. The monoisotopic (exact) mass is 551 g/mol. The number of carbonyl (C=O) groups is 1. The third-order valence-corrected chi connectivity index (χ3v) is 8.13. The standard InChI is InChI=1S/C33H37N5O3/c1-40-30-13-11-27(12-14-30)32-35-31(41-36-32)23-37-16-5-10-29(22-37)33(39)34-19-24-6-4-7-25(18-24)20-38-17-15-26-8-2-3-9-28(26)21-38/h2-4,6-9,11-14,18,29H,5,10,15-17,19-23H2,1H3,(H,34,39). The molecule has 1 atom stereocenters. The van der Waals surface area contributed by atoms with Crippen molar-refractivity contribution in [3.8, 4) is 17.1 Å². The number of ether oxygens (including phenoxy) is 1. The number of amides is 1. The highest BCUT2D eigenvalue weighted by atomic mass is 16.5. The third kappa shape index (κ3) is 6.84. The van der Waals surface area contributed by atoms with E-state index in [0.29, 0.717) is 31.3 Å². The Morgan fingerprint density at radius 3 is 2.66 bits per heavy atom. The van der Waals surface area contributed by atoms with Gasteiger partial charge in [0.05, 0.1) is 19.6 Å². The van der Waals surface area contributed by atoms with E-state index in [9.17, 15) is 4.79 Å². The van der Waals surface area contributed by atoms with Gasteiger partial charge in [-0.25, -0.2) is 0 Å². The maximum atomic E-state index is 13.1. The van der Waals surface area contributed by atoms with Gasteiger partial charge in [0, 0.05) is 38.3 Å². The van der Waals surface area contributed by atoms with E-state index in [4.69, 9.17) is 9.26 Å². The highest BCUT2D eigenvalue weighted by Gasteiger charge is 2.27. The number of aromatic nitrogens is 2. The molecule has 3 aromatic carbocycles. The summed E-state index contributed by atoms with van der Waals surface area (Å²) in [5.74, 6) is 1.96. The first-order valence-corrected chi connectivity index (χ1v) is 14.5. The fourth-order valence-electron chi connectivity index (χ4n) is 5.90. The molecule has 0 saturated carbocycles.